The van der Waals surface area contributed by atoms with Gasteiger partial charge in [-0.15, -0.1) is 0 Å². The zero-order chi connectivity index (χ0) is 14.5. The molecule has 2 rings (SSSR count). The van der Waals surface area contributed by atoms with Crippen LogP contribution < -0.4 is 5.73 Å². The summed E-state index contributed by atoms with van der Waals surface area (Å²) < 4.78 is 5.06. The maximum absolute atomic E-state index is 6.27. The molecule has 4 heteroatoms. The molecule has 1 atom stereocenters. The first-order chi connectivity index (χ1) is 9.63. The van der Waals surface area contributed by atoms with Crippen LogP contribution in [0.25, 0.3) is 0 Å². The van der Waals surface area contributed by atoms with Crippen molar-refractivity contribution in [2.45, 2.75) is 12.5 Å². The lowest BCUT2D eigenvalue weighted by atomic mass is 9.98. The van der Waals surface area contributed by atoms with Crippen LogP contribution in [0, 0.1) is 0 Å². The predicted molar refractivity (Wildman–Crippen MR) is 84.5 cm³/mol. The molecule has 0 bridgehead atoms. The van der Waals surface area contributed by atoms with E-state index in [2.05, 4.69) is 12.1 Å². The molecule has 2 nitrogen and oxygen atoms in total. The molecule has 2 aromatic rings. The Labute approximate surface area is 129 Å². The average Bonchev–Trinajstić information content (AvgIpc) is 2.45. The van der Waals surface area contributed by atoms with Crippen molar-refractivity contribution in [3.8, 4) is 0 Å². The average molecular weight is 310 g/mol. The zero-order valence-corrected chi connectivity index (χ0v) is 12.8. The highest BCUT2D eigenvalue weighted by atomic mass is 35.5. The van der Waals surface area contributed by atoms with Crippen LogP contribution in [0.2, 0.25) is 10.0 Å². The summed E-state index contributed by atoms with van der Waals surface area (Å²) in [4.78, 5) is 0. The maximum atomic E-state index is 6.27. The lowest BCUT2D eigenvalue weighted by Gasteiger charge is -2.16. The van der Waals surface area contributed by atoms with Crippen molar-refractivity contribution in [1.29, 1.82) is 0 Å². The topological polar surface area (TPSA) is 35.2 Å². The van der Waals surface area contributed by atoms with E-state index in [0.29, 0.717) is 16.7 Å². The van der Waals surface area contributed by atoms with Crippen LogP contribution in [-0.2, 0) is 11.2 Å². The second-order valence-corrected chi connectivity index (χ2v) is 5.41. The van der Waals surface area contributed by atoms with Gasteiger partial charge in [-0.1, -0.05) is 53.5 Å². The van der Waals surface area contributed by atoms with Crippen molar-refractivity contribution in [2.24, 2.45) is 5.73 Å². The molecule has 1 unspecified atom stereocenters. The quantitative estimate of drug-likeness (QED) is 0.897. The summed E-state index contributed by atoms with van der Waals surface area (Å²) in [5, 5.41) is 1.18. The minimum Gasteiger partial charge on any atom is -0.384 e. The molecule has 0 aromatic heterocycles. The third-order valence-electron chi connectivity index (χ3n) is 3.24. The summed E-state index contributed by atoms with van der Waals surface area (Å²) in [5.74, 6) is 0. The normalized spacial score (nSPS) is 12.4. The Morgan fingerprint density at radius 3 is 2.20 bits per heavy atom. The molecule has 2 N–H and O–H groups in total. The summed E-state index contributed by atoms with van der Waals surface area (Å²) in [6.45, 7) is 0.710. The zero-order valence-electron chi connectivity index (χ0n) is 11.3. The van der Waals surface area contributed by atoms with Crippen LogP contribution >= 0.6 is 23.2 Å². The number of hydrogen-bond donors (Lipinski definition) is 1. The third-order valence-corrected chi connectivity index (χ3v) is 3.90. The van der Waals surface area contributed by atoms with Gasteiger partial charge in [0.05, 0.1) is 12.6 Å². The summed E-state index contributed by atoms with van der Waals surface area (Å²) >= 11 is 12.4. The molecule has 0 radical (unpaired) electrons. The van der Waals surface area contributed by atoms with Crippen LogP contribution in [0.5, 0.6) is 0 Å². The summed E-state index contributed by atoms with van der Waals surface area (Å²) in [7, 11) is 1.70. The minimum absolute atomic E-state index is 0.326. The van der Waals surface area contributed by atoms with E-state index in [1.165, 1.54) is 5.56 Å². The molecular weight excluding hydrogens is 293 g/mol. The fourth-order valence-electron chi connectivity index (χ4n) is 2.09. The van der Waals surface area contributed by atoms with Crippen LogP contribution in [-0.4, -0.2) is 13.7 Å². The van der Waals surface area contributed by atoms with E-state index in [4.69, 9.17) is 33.7 Å². The van der Waals surface area contributed by atoms with Gasteiger partial charge in [0.1, 0.15) is 0 Å². The molecule has 0 aliphatic heterocycles. The number of rotatable bonds is 5. The molecule has 0 saturated heterocycles. The Balaban J connectivity index is 2.23. The molecule has 0 heterocycles. The molecule has 0 amide bonds. The van der Waals surface area contributed by atoms with Gasteiger partial charge in [0.2, 0.25) is 0 Å². The number of nitrogens with two attached hydrogens (primary N) is 1. The second-order valence-electron chi connectivity index (χ2n) is 4.60. The van der Waals surface area contributed by atoms with E-state index in [9.17, 15) is 0 Å². The van der Waals surface area contributed by atoms with E-state index >= 15 is 0 Å². The first kappa shape index (κ1) is 15.3. The number of benzene rings is 2. The third kappa shape index (κ3) is 3.53. The number of halogens is 2. The maximum Gasteiger partial charge on any atom is 0.0581 e. The molecule has 0 saturated carbocycles. The molecule has 0 spiro atoms. The van der Waals surface area contributed by atoms with Crippen LogP contribution in [0.15, 0.2) is 42.5 Å². The van der Waals surface area contributed by atoms with Gasteiger partial charge in [0.15, 0.2) is 0 Å². The molecule has 2 aromatic carbocycles. The summed E-state index contributed by atoms with van der Waals surface area (Å²) in [5.41, 5.74) is 9.24. The molecule has 106 valence electrons. The molecular formula is C16H17Cl2NO. The van der Waals surface area contributed by atoms with E-state index in [-0.39, 0.29) is 6.04 Å². The Morgan fingerprint density at radius 1 is 1.05 bits per heavy atom. The molecule has 0 fully saturated rings. The van der Waals surface area contributed by atoms with Crippen molar-refractivity contribution < 1.29 is 4.74 Å². The second kappa shape index (κ2) is 7.09. The highest BCUT2D eigenvalue weighted by molar-refractivity contribution is 6.36. The fourth-order valence-corrected chi connectivity index (χ4v) is 2.72. The summed E-state index contributed by atoms with van der Waals surface area (Å²) in [6, 6.07) is 13.2. The van der Waals surface area contributed by atoms with Gasteiger partial charge in [-0.05, 0) is 29.7 Å². The Morgan fingerprint density at radius 2 is 1.65 bits per heavy atom. The van der Waals surface area contributed by atoms with Gasteiger partial charge >= 0.3 is 0 Å². The van der Waals surface area contributed by atoms with Gasteiger partial charge in [0.25, 0.3) is 0 Å². The van der Waals surface area contributed by atoms with Crippen molar-refractivity contribution >= 4 is 23.2 Å². The SMILES string of the molecule is COCCc1ccc(C(N)c2c(Cl)cccc2Cl)cc1. The molecule has 20 heavy (non-hydrogen) atoms. The highest BCUT2D eigenvalue weighted by Crippen LogP contribution is 2.32. The monoisotopic (exact) mass is 309 g/mol. The van der Waals surface area contributed by atoms with Crippen molar-refractivity contribution in [3.05, 3.63) is 69.2 Å². The molecule has 0 aliphatic rings. The Kier molecular flexibility index (Phi) is 5.44. The fraction of sp³-hybridized carbons (Fsp3) is 0.250. The lowest BCUT2D eigenvalue weighted by Crippen LogP contribution is -2.13. The van der Waals surface area contributed by atoms with Crippen molar-refractivity contribution in [1.82, 2.24) is 0 Å². The van der Waals surface area contributed by atoms with Gasteiger partial charge in [-0.2, -0.15) is 0 Å². The van der Waals surface area contributed by atoms with Gasteiger partial charge in [-0.25, -0.2) is 0 Å². The van der Waals surface area contributed by atoms with Crippen LogP contribution in [0.3, 0.4) is 0 Å². The smallest absolute Gasteiger partial charge is 0.0581 e. The van der Waals surface area contributed by atoms with E-state index in [1.807, 2.05) is 18.2 Å². The van der Waals surface area contributed by atoms with Gasteiger partial charge in [0, 0.05) is 22.7 Å². The first-order valence-electron chi connectivity index (χ1n) is 6.40. The van der Waals surface area contributed by atoms with Crippen molar-refractivity contribution in [3.63, 3.8) is 0 Å². The van der Waals surface area contributed by atoms with Gasteiger partial charge in [-0.3, -0.25) is 0 Å². The van der Waals surface area contributed by atoms with E-state index in [1.54, 1.807) is 19.2 Å². The Bertz CT molecular complexity index is 549. The van der Waals surface area contributed by atoms with E-state index < -0.39 is 0 Å². The Hall–Kier alpha value is -1.06. The van der Waals surface area contributed by atoms with Crippen LogP contribution in [0.4, 0.5) is 0 Å². The number of ether oxygens (including phenoxy) is 1. The summed E-state index contributed by atoms with van der Waals surface area (Å²) in [6.07, 6.45) is 0.888. The van der Waals surface area contributed by atoms with Crippen molar-refractivity contribution in [2.75, 3.05) is 13.7 Å². The predicted octanol–water partition coefficient (Wildman–Crippen LogP) is 4.23. The molecule has 0 aliphatic carbocycles. The lowest BCUT2D eigenvalue weighted by molar-refractivity contribution is 0.202. The largest absolute Gasteiger partial charge is 0.384 e. The number of methoxy groups -OCH3 is 1. The number of hydrogen-bond acceptors (Lipinski definition) is 2. The van der Waals surface area contributed by atoms with Crippen LogP contribution in [0.1, 0.15) is 22.7 Å². The van der Waals surface area contributed by atoms with Gasteiger partial charge < -0.3 is 10.5 Å². The van der Waals surface area contributed by atoms with E-state index in [0.717, 1.165) is 17.5 Å². The first-order valence-corrected chi connectivity index (χ1v) is 7.16. The minimum atomic E-state index is -0.326. The standard InChI is InChI=1S/C16H17Cl2NO/c1-20-10-9-11-5-7-12(8-6-11)16(19)15-13(17)3-2-4-14(15)18/h2-8,16H,9-10,19H2,1H3. The highest BCUT2D eigenvalue weighted by Gasteiger charge is 2.15.